The molecule has 1 fully saturated rings. The van der Waals surface area contributed by atoms with Gasteiger partial charge in [0.1, 0.15) is 0 Å². The molecule has 0 saturated carbocycles. The molecule has 1 unspecified atom stereocenters. The molecule has 0 spiro atoms. The molecule has 3 amide bonds. The molecule has 1 saturated heterocycles. The molecular weight excluding hydrogens is 328 g/mol. The Bertz CT molecular complexity index is 602. The summed E-state index contributed by atoms with van der Waals surface area (Å²) >= 11 is 0. The van der Waals surface area contributed by atoms with E-state index in [1.807, 2.05) is 0 Å². The topological polar surface area (TPSA) is 121 Å². The smallest absolute Gasteiger partial charge is 0.407 e. The Morgan fingerprint density at radius 2 is 2.08 bits per heavy atom. The minimum atomic E-state index is -1.000. The molecule has 1 aliphatic rings. The summed E-state index contributed by atoms with van der Waals surface area (Å²) in [6.07, 6.45) is 1.62. The van der Waals surface area contributed by atoms with E-state index in [-0.39, 0.29) is 12.6 Å². The zero-order valence-electron chi connectivity index (χ0n) is 14.0. The van der Waals surface area contributed by atoms with Crippen LogP contribution in [-0.4, -0.2) is 58.8 Å². The molecule has 0 bridgehead atoms. The van der Waals surface area contributed by atoms with E-state index in [2.05, 4.69) is 15.6 Å². The van der Waals surface area contributed by atoms with Crippen LogP contribution in [0.3, 0.4) is 0 Å². The van der Waals surface area contributed by atoms with Gasteiger partial charge in [-0.2, -0.15) is 0 Å². The van der Waals surface area contributed by atoms with Crippen LogP contribution in [0.5, 0.6) is 0 Å². The zero-order valence-corrected chi connectivity index (χ0v) is 14.0. The van der Waals surface area contributed by atoms with Crippen molar-refractivity contribution in [3.63, 3.8) is 0 Å². The van der Waals surface area contributed by atoms with Crippen LogP contribution in [0.15, 0.2) is 24.4 Å². The molecule has 9 heteroatoms. The summed E-state index contributed by atoms with van der Waals surface area (Å²) < 4.78 is 5.00. The number of carbonyl (C=O) groups excluding carboxylic acids is 2. The molecule has 136 valence electrons. The Labute approximate surface area is 145 Å². The lowest BCUT2D eigenvalue weighted by atomic mass is 10.1. The van der Waals surface area contributed by atoms with Crippen LogP contribution < -0.4 is 10.6 Å². The van der Waals surface area contributed by atoms with Crippen LogP contribution in [0, 0.1) is 0 Å². The molecule has 1 aromatic rings. The van der Waals surface area contributed by atoms with Crippen LogP contribution >= 0.6 is 0 Å². The average molecular weight is 350 g/mol. The van der Waals surface area contributed by atoms with Gasteiger partial charge in [0.2, 0.25) is 0 Å². The molecule has 0 radical (unpaired) electrons. The van der Waals surface area contributed by atoms with E-state index < -0.39 is 24.1 Å². The standard InChI is InChI=1S/C16H22N4O5/c1-2-25-14(21)13(12-5-3-4-8-17-12)19-15(22)18-11-6-9-20(10-7-11)16(23)24/h3-5,8,11,13H,2,6-7,9-10H2,1H3,(H,23,24)(H2,18,19,22). The monoisotopic (exact) mass is 350 g/mol. The van der Waals surface area contributed by atoms with Crippen molar-refractivity contribution in [2.24, 2.45) is 0 Å². The lowest BCUT2D eigenvalue weighted by Gasteiger charge is -2.30. The number of aromatic nitrogens is 1. The van der Waals surface area contributed by atoms with Crippen LogP contribution in [0.2, 0.25) is 0 Å². The van der Waals surface area contributed by atoms with Crippen molar-refractivity contribution >= 4 is 18.1 Å². The Kier molecular flexibility index (Phi) is 6.55. The number of likely N-dealkylation sites (tertiary alicyclic amines) is 1. The number of carbonyl (C=O) groups is 3. The van der Waals surface area contributed by atoms with E-state index in [1.54, 1.807) is 25.1 Å². The second-order valence-electron chi connectivity index (χ2n) is 5.60. The highest BCUT2D eigenvalue weighted by atomic mass is 16.5. The van der Waals surface area contributed by atoms with Gasteiger partial charge in [-0.15, -0.1) is 0 Å². The summed E-state index contributed by atoms with van der Waals surface area (Å²) in [5.41, 5.74) is 0.386. The summed E-state index contributed by atoms with van der Waals surface area (Å²) in [6.45, 7) is 2.60. The van der Waals surface area contributed by atoms with Crippen LogP contribution in [0.1, 0.15) is 31.5 Å². The Morgan fingerprint density at radius 1 is 1.36 bits per heavy atom. The summed E-state index contributed by atoms with van der Waals surface area (Å²) in [4.78, 5) is 40.6. The van der Waals surface area contributed by atoms with Crippen molar-refractivity contribution < 1.29 is 24.2 Å². The summed E-state index contributed by atoms with van der Waals surface area (Å²) in [6, 6.07) is 3.39. The number of nitrogens with one attached hydrogen (secondary N) is 2. The first kappa shape index (κ1) is 18.5. The first-order valence-electron chi connectivity index (χ1n) is 8.13. The fraction of sp³-hybridized carbons (Fsp3) is 0.500. The number of rotatable bonds is 5. The van der Waals surface area contributed by atoms with Crippen molar-refractivity contribution in [3.8, 4) is 0 Å². The van der Waals surface area contributed by atoms with Crippen molar-refractivity contribution in [2.75, 3.05) is 19.7 Å². The van der Waals surface area contributed by atoms with Gasteiger partial charge in [-0.3, -0.25) is 4.98 Å². The summed E-state index contributed by atoms with van der Waals surface area (Å²) in [5, 5.41) is 14.3. The van der Waals surface area contributed by atoms with E-state index >= 15 is 0 Å². The number of amides is 3. The van der Waals surface area contributed by atoms with E-state index in [0.29, 0.717) is 31.6 Å². The first-order chi connectivity index (χ1) is 12.0. The minimum absolute atomic E-state index is 0.151. The SMILES string of the molecule is CCOC(=O)C(NC(=O)NC1CCN(C(=O)O)CC1)c1ccccn1. The molecule has 3 N–H and O–H groups in total. The van der Waals surface area contributed by atoms with Crippen LogP contribution in [0.25, 0.3) is 0 Å². The van der Waals surface area contributed by atoms with Crippen molar-refractivity contribution in [3.05, 3.63) is 30.1 Å². The minimum Gasteiger partial charge on any atom is -0.465 e. The predicted molar refractivity (Wildman–Crippen MR) is 87.9 cm³/mol. The fourth-order valence-corrected chi connectivity index (χ4v) is 2.60. The number of hydrogen-bond donors (Lipinski definition) is 3. The summed E-state index contributed by atoms with van der Waals surface area (Å²) in [5.74, 6) is -0.586. The molecule has 1 atom stereocenters. The number of piperidine rings is 1. The third-order valence-electron chi connectivity index (χ3n) is 3.88. The second kappa shape index (κ2) is 8.86. The number of pyridine rings is 1. The number of hydrogen-bond acceptors (Lipinski definition) is 5. The van der Waals surface area contributed by atoms with Crippen LogP contribution in [-0.2, 0) is 9.53 Å². The van der Waals surface area contributed by atoms with Gasteiger partial charge in [0, 0.05) is 25.3 Å². The maximum absolute atomic E-state index is 12.2. The van der Waals surface area contributed by atoms with E-state index in [0.717, 1.165) is 0 Å². The van der Waals surface area contributed by atoms with Gasteiger partial charge in [0.25, 0.3) is 0 Å². The third kappa shape index (κ3) is 5.33. The third-order valence-corrected chi connectivity index (χ3v) is 3.88. The molecule has 0 aromatic carbocycles. The number of ether oxygens (including phenoxy) is 1. The highest BCUT2D eigenvalue weighted by Gasteiger charge is 2.28. The maximum atomic E-state index is 12.2. The normalized spacial score (nSPS) is 16.0. The predicted octanol–water partition coefficient (Wildman–Crippen LogP) is 1.13. The Hall–Kier alpha value is -2.84. The number of urea groups is 1. The molecule has 1 aliphatic heterocycles. The van der Waals surface area contributed by atoms with Crippen molar-refractivity contribution in [1.82, 2.24) is 20.5 Å². The van der Waals surface area contributed by atoms with E-state index in [9.17, 15) is 14.4 Å². The molecule has 9 nitrogen and oxygen atoms in total. The van der Waals surface area contributed by atoms with Gasteiger partial charge < -0.3 is 25.4 Å². The largest absolute Gasteiger partial charge is 0.465 e. The quantitative estimate of drug-likeness (QED) is 0.685. The van der Waals surface area contributed by atoms with E-state index in [4.69, 9.17) is 9.84 Å². The zero-order chi connectivity index (χ0) is 18.2. The van der Waals surface area contributed by atoms with Crippen molar-refractivity contribution in [2.45, 2.75) is 31.8 Å². The lowest BCUT2D eigenvalue weighted by Crippen LogP contribution is -2.50. The molecule has 0 aliphatic carbocycles. The summed E-state index contributed by atoms with van der Waals surface area (Å²) in [7, 11) is 0. The van der Waals surface area contributed by atoms with E-state index in [1.165, 1.54) is 11.1 Å². The highest BCUT2D eigenvalue weighted by Crippen LogP contribution is 2.13. The van der Waals surface area contributed by atoms with Crippen molar-refractivity contribution in [1.29, 1.82) is 0 Å². The fourth-order valence-electron chi connectivity index (χ4n) is 2.60. The number of esters is 1. The van der Waals surface area contributed by atoms with Gasteiger partial charge >= 0.3 is 18.1 Å². The highest BCUT2D eigenvalue weighted by molar-refractivity contribution is 5.84. The van der Waals surface area contributed by atoms with Gasteiger partial charge in [0.05, 0.1) is 12.3 Å². The number of carboxylic acid groups (broad SMARTS) is 1. The molecule has 2 heterocycles. The molecule has 2 rings (SSSR count). The molecule has 25 heavy (non-hydrogen) atoms. The number of nitrogens with zero attached hydrogens (tertiary/aromatic N) is 2. The van der Waals surface area contributed by atoms with Gasteiger partial charge in [-0.1, -0.05) is 6.07 Å². The molecule has 1 aromatic heterocycles. The average Bonchev–Trinajstić information content (AvgIpc) is 2.61. The maximum Gasteiger partial charge on any atom is 0.407 e. The Morgan fingerprint density at radius 3 is 2.64 bits per heavy atom. The van der Waals surface area contributed by atoms with Gasteiger partial charge in [-0.05, 0) is 31.9 Å². The second-order valence-corrected chi connectivity index (χ2v) is 5.60. The molecular formula is C16H22N4O5. The first-order valence-corrected chi connectivity index (χ1v) is 8.13. The van der Waals surface area contributed by atoms with Gasteiger partial charge in [0.15, 0.2) is 6.04 Å². The lowest BCUT2D eigenvalue weighted by molar-refractivity contribution is -0.145. The van der Waals surface area contributed by atoms with Gasteiger partial charge in [-0.25, -0.2) is 14.4 Å². The van der Waals surface area contributed by atoms with Crippen LogP contribution in [0.4, 0.5) is 9.59 Å². The Balaban J connectivity index is 1.93.